The van der Waals surface area contributed by atoms with Gasteiger partial charge in [0.1, 0.15) is 0 Å². The fourth-order valence-electron chi connectivity index (χ4n) is 0.338. The Hall–Kier alpha value is -2.26. The van der Waals surface area contributed by atoms with Gasteiger partial charge in [0.2, 0.25) is 0 Å². The molecule has 0 aliphatic carbocycles. The molecule has 2 heterocycles. The number of rotatable bonds is 0. The van der Waals surface area contributed by atoms with Crippen molar-refractivity contribution in [3.8, 4) is 0 Å². The maximum Gasteiger partial charge on any atom is 0.260 e. The van der Waals surface area contributed by atoms with Gasteiger partial charge >= 0.3 is 0 Å². The van der Waals surface area contributed by atoms with Crippen molar-refractivity contribution in [2.45, 2.75) is 0 Å². The predicted molar refractivity (Wildman–Crippen MR) is 36.6 cm³/mol. The van der Waals surface area contributed by atoms with Crippen LogP contribution in [-0.4, -0.2) is 40.9 Å². The third-order valence-electron chi connectivity index (χ3n) is 0.727. The van der Waals surface area contributed by atoms with Crippen LogP contribution in [0.1, 0.15) is 0 Å². The zero-order valence-electron chi connectivity index (χ0n) is 5.86. The van der Waals surface area contributed by atoms with Crippen LogP contribution >= 0.6 is 0 Å². The van der Waals surface area contributed by atoms with Crippen LogP contribution in [0.15, 0.2) is 6.33 Å². The van der Waals surface area contributed by atoms with E-state index < -0.39 is 0 Å². The molecule has 0 aliphatic heterocycles. The quantitative estimate of drug-likeness (QED) is 0.358. The van der Waals surface area contributed by atoms with Crippen LogP contribution in [-0.2, 0) is 0 Å². The average Bonchev–Trinajstić information content (AvgIpc) is 2.63. The zero-order chi connectivity index (χ0) is 8.81. The maximum atomic E-state index is 4.96. The highest BCUT2D eigenvalue weighted by Gasteiger charge is 1.78. The summed E-state index contributed by atoms with van der Waals surface area (Å²) in [6, 6.07) is 0. The Balaban J connectivity index is 0.000000120. The second kappa shape index (κ2) is 3.80. The minimum absolute atomic E-state index is 0.176. The van der Waals surface area contributed by atoms with E-state index in [0.29, 0.717) is 0 Å². The summed E-state index contributed by atoms with van der Waals surface area (Å²) in [7, 11) is 0. The zero-order valence-corrected chi connectivity index (χ0v) is 5.86. The smallest absolute Gasteiger partial charge is 0.260 e. The van der Waals surface area contributed by atoms with E-state index in [4.69, 9.17) is 11.6 Å². The molecule has 0 amide bonds. The summed E-state index contributed by atoms with van der Waals surface area (Å²) in [6.45, 7) is 0. The standard InChI is InChI=1S/2CH3N5/c2-6-1-3-4-5-6;2-1-3-5-6-4-1/h1H,2H2;(H3,2,3,4,5,6). The first kappa shape index (κ1) is 7.84. The molecule has 10 nitrogen and oxygen atoms in total. The van der Waals surface area contributed by atoms with Crippen LogP contribution in [0.5, 0.6) is 0 Å². The summed E-state index contributed by atoms with van der Waals surface area (Å²) in [6.07, 6.45) is 1.31. The fraction of sp³-hybridized carbons (Fsp3) is 0. The van der Waals surface area contributed by atoms with E-state index in [0.717, 1.165) is 4.79 Å². The van der Waals surface area contributed by atoms with Gasteiger partial charge in [0, 0.05) is 0 Å². The average molecular weight is 170 g/mol. The van der Waals surface area contributed by atoms with E-state index in [-0.39, 0.29) is 5.95 Å². The van der Waals surface area contributed by atoms with Gasteiger partial charge in [-0.1, -0.05) is 5.10 Å². The Morgan fingerprint density at radius 3 is 2.50 bits per heavy atom. The lowest BCUT2D eigenvalue weighted by Crippen LogP contribution is -2.07. The van der Waals surface area contributed by atoms with Crippen LogP contribution in [0.2, 0.25) is 0 Å². The summed E-state index contributed by atoms with van der Waals surface area (Å²) in [5, 5.41) is 21.7. The number of anilines is 1. The van der Waals surface area contributed by atoms with Crippen molar-refractivity contribution in [2.75, 3.05) is 11.6 Å². The van der Waals surface area contributed by atoms with Crippen molar-refractivity contribution < 1.29 is 0 Å². The van der Waals surface area contributed by atoms with E-state index in [1.54, 1.807) is 0 Å². The number of hydrogen-bond donors (Lipinski definition) is 3. The number of hydrogen-bond acceptors (Lipinski definition) is 8. The van der Waals surface area contributed by atoms with Gasteiger partial charge in [-0.15, -0.1) is 15.0 Å². The summed E-state index contributed by atoms with van der Waals surface area (Å²) in [5.74, 6) is 5.13. The predicted octanol–water partition coefficient (Wildman–Crippen LogP) is -2.83. The molecule has 0 bridgehead atoms. The highest BCUT2D eigenvalue weighted by Crippen LogP contribution is 1.72. The highest BCUT2D eigenvalue weighted by atomic mass is 15.6. The third-order valence-corrected chi connectivity index (χ3v) is 0.727. The van der Waals surface area contributed by atoms with E-state index in [1.165, 1.54) is 6.33 Å². The minimum atomic E-state index is 0.176. The van der Waals surface area contributed by atoms with E-state index in [1.807, 2.05) is 0 Å². The lowest BCUT2D eigenvalue weighted by atomic mass is 11.2. The molecular formula is C2H6N10. The molecule has 0 aliphatic rings. The molecular weight excluding hydrogens is 164 g/mol. The number of nitrogens with two attached hydrogens (primary N) is 2. The number of aromatic nitrogens is 8. The van der Waals surface area contributed by atoms with Crippen molar-refractivity contribution in [2.24, 2.45) is 0 Å². The largest absolute Gasteiger partial charge is 0.365 e. The molecule has 2 aromatic heterocycles. The number of nitrogens with one attached hydrogen (secondary N) is 1. The molecule has 0 spiro atoms. The maximum absolute atomic E-state index is 4.96. The Bertz CT molecular complexity index is 247. The van der Waals surface area contributed by atoms with Gasteiger partial charge in [-0.3, -0.25) is 0 Å². The van der Waals surface area contributed by atoms with Crippen molar-refractivity contribution in [1.29, 1.82) is 0 Å². The van der Waals surface area contributed by atoms with E-state index in [2.05, 4.69) is 36.1 Å². The first-order valence-electron chi connectivity index (χ1n) is 2.76. The Morgan fingerprint density at radius 2 is 2.33 bits per heavy atom. The SMILES string of the molecule is Nc1nn[nH]n1.Nn1cnnn1. The minimum Gasteiger partial charge on any atom is -0.365 e. The van der Waals surface area contributed by atoms with Gasteiger partial charge in [0.05, 0.1) is 0 Å². The summed E-state index contributed by atoms with van der Waals surface area (Å²) in [5.41, 5.74) is 4.96. The molecule has 12 heavy (non-hydrogen) atoms. The highest BCUT2D eigenvalue weighted by molar-refractivity contribution is 5.05. The van der Waals surface area contributed by atoms with Crippen LogP contribution in [0.4, 0.5) is 5.95 Å². The van der Waals surface area contributed by atoms with Crippen LogP contribution in [0.3, 0.4) is 0 Å². The first-order valence-corrected chi connectivity index (χ1v) is 2.76. The first-order chi connectivity index (χ1) is 5.79. The van der Waals surface area contributed by atoms with Gasteiger partial charge in [-0.05, 0) is 15.6 Å². The molecule has 64 valence electrons. The van der Waals surface area contributed by atoms with Crippen molar-refractivity contribution >= 4 is 5.95 Å². The second-order valence-corrected chi connectivity index (χ2v) is 1.56. The lowest BCUT2D eigenvalue weighted by molar-refractivity contribution is 0.756. The number of nitrogens with zero attached hydrogens (tertiary/aromatic N) is 7. The molecule has 0 saturated carbocycles. The number of nitrogen functional groups attached to an aromatic ring is 2. The molecule has 10 heteroatoms. The molecule has 0 unspecified atom stereocenters. The summed E-state index contributed by atoms with van der Waals surface area (Å²) in [4.78, 5) is 1.03. The Labute approximate surface area is 65.9 Å². The van der Waals surface area contributed by atoms with Gasteiger partial charge in [0.25, 0.3) is 5.95 Å². The van der Waals surface area contributed by atoms with Gasteiger partial charge in [-0.2, -0.15) is 5.21 Å². The van der Waals surface area contributed by atoms with E-state index in [9.17, 15) is 0 Å². The van der Waals surface area contributed by atoms with Crippen LogP contribution in [0.25, 0.3) is 0 Å². The van der Waals surface area contributed by atoms with Crippen molar-refractivity contribution in [1.82, 2.24) is 40.9 Å². The molecule has 2 rings (SSSR count). The van der Waals surface area contributed by atoms with Gasteiger partial charge in [-0.25, -0.2) is 0 Å². The van der Waals surface area contributed by atoms with E-state index >= 15 is 0 Å². The monoisotopic (exact) mass is 170 g/mol. The number of tetrazole rings is 2. The Kier molecular flexibility index (Phi) is 2.48. The Morgan fingerprint density at radius 1 is 1.50 bits per heavy atom. The van der Waals surface area contributed by atoms with Gasteiger partial charge in [0.15, 0.2) is 6.33 Å². The topological polar surface area (TPSA) is 150 Å². The van der Waals surface area contributed by atoms with Crippen LogP contribution < -0.4 is 11.6 Å². The summed E-state index contributed by atoms with van der Waals surface area (Å²) < 4.78 is 0. The molecule has 5 N–H and O–H groups in total. The molecule has 2 aromatic rings. The lowest BCUT2D eigenvalue weighted by Gasteiger charge is -1.73. The second-order valence-electron chi connectivity index (χ2n) is 1.56. The molecule has 0 aromatic carbocycles. The summed E-state index contributed by atoms with van der Waals surface area (Å²) >= 11 is 0. The van der Waals surface area contributed by atoms with Crippen molar-refractivity contribution in [3.05, 3.63) is 6.33 Å². The fourth-order valence-corrected chi connectivity index (χ4v) is 0.338. The van der Waals surface area contributed by atoms with Gasteiger partial charge < -0.3 is 11.6 Å². The molecule has 0 radical (unpaired) electrons. The third kappa shape index (κ3) is 2.55. The normalized spacial score (nSPS) is 8.67. The number of aromatic amines is 1. The molecule has 0 fully saturated rings. The number of H-pyrrole nitrogens is 1. The molecule has 0 atom stereocenters. The van der Waals surface area contributed by atoms with Crippen molar-refractivity contribution in [3.63, 3.8) is 0 Å². The molecule has 0 saturated heterocycles. The van der Waals surface area contributed by atoms with Crippen LogP contribution in [0, 0.1) is 0 Å².